The minimum absolute atomic E-state index is 0.132. The first kappa shape index (κ1) is 15.4. The fraction of sp³-hybridized carbons (Fsp3) is 0.786. The highest BCUT2D eigenvalue weighted by Crippen LogP contribution is 2.16. The summed E-state index contributed by atoms with van der Waals surface area (Å²) in [5.74, 6) is 0. The van der Waals surface area contributed by atoms with Crippen molar-refractivity contribution in [1.29, 1.82) is 0 Å². The summed E-state index contributed by atoms with van der Waals surface area (Å²) in [6, 6.07) is 0. The van der Waals surface area contributed by atoms with Gasteiger partial charge in [-0.05, 0) is 25.8 Å². The molecule has 0 radical (unpaired) electrons. The van der Waals surface area contributed by atoms with Crippen LogP contribution in [0.15, 0.2) is 12.4 Å². The molecule has 0 saturated carbocycles. The van der Waals surface area contributed by atoms with Gasteiger partial charge in [0.05, 0.1) is 25.5 Å². The normalized spacial score (nSPS) is 17.7. The summed E-state index contributed by atoms with van der Waals surface area (Å²) in [4.78, 5) is 2.43. The molecular weight excluding hydrogens is 256 g/mol. The van der Waals surface area contributed by atoms with E-state index in [-0.39, 0.29) is 6.61 Å². The molecule has 1 aromatic rings. The van der Waals surface area contributed by atoms with Gasteiger partial charge in [-0.25, -0.2) is 0 Å². The van der Waals surface area contributed by atoms with Crippen LogP contribution in [0, 0.1) is 0 Å². The molecule has 0 unspecified atom stereocenters. The zero-order chi connectivity index (χ0) is 14.2. The highest BCUT2D eigenvalue weighted by atomic mass is 16.5. The highest BCUT2D eigenvalue weighted by molar-refractivity contribution is 5.03. The Labute approximate surface area is 120 Å². The van der Waals surface area contributed by atoms with Gasteiger partial charge in [-0.2, -0.15) is 5.10 Å². The summed E-state index contributed by atoms with van der Waals surface area (Å²) in [5.41, 5.74) is 6.67. The van der Waals surface area contributed by atoms with E-state index in [4.69, 9.17) is 15.6 Å². The molecule has 0 aliphatic carbocycles. The van der Waals surface area contributed by atoms with Crippen LogP contribution >= 0.6 is 0 Å². The van der Waals surface area contributed by atoms with Crippen molar-refractivity contribution in [2.24, 2.45) is 5.73 Å². The van der Waals surface area contributed by atoms with Gasteiger partial charge in [0, 0.05) is 38.0 Å². The molecule has 114 valence electrons. The van der Waals surface area contributed by atoms with Gasteiger partial charge in [0.2, 0.25) is 0 Å². The van der Waals surface area contributed by atoms with E-state index in [0.29, 0.717) is 19.2 Å². The summed E-state index contributed by atoms with van der Waals surface area (Å²) in [7, 11) is 0. The van der Waals surface area contributed by atoms with E-state index in [0.717, 1.165) is 45.5 Å². The van der Waals surface area contributed by atoms with E-state index in [1.54, 1.807) is 4.68 Å². The molecule has 1 aliphatic rings. The fourth-order valence-electron chi connectivity index (χ4n) is 2.54. The first-order valence-electron chi connectivity index (χ1n) is 7.48. The lowest BCUT2D eigenvalue weighted by molar-refractivity contribution is 0.00563. The van der Waals surface area contributed by atoms with E-state index < -0.39 is 0 Å². The highest BCUT2D eigenvalue weighted by Gasteiger charge is 2.19. The Morgan fingerprint density at radius 2 is 2.20 bits per heavy atom. The molecule has 3 N–H and O–H groups in total. The number of nitrogens with zero attached hydrogens (tertiary/aromatic N) is 3. The quantitative estimate of drug-likeness (QED) is 0.666. The monoisotopic (exact) mass is 282 g/mol. The number of aliphatic hydroxyl groups excluding tert-OH is 1. The lowest BCUT2D eigenvalue weighted by Gasteiger charge is -2.31. The number of likely N-dealkylation sites (tertiary alicyclic amines) is 1. The second-order valence-corrected chi connectivity index (χ2v) is 5.32. The molecule has 6 heteroatoms. The van der Waals surface area contributed by atoms with E-state index in [9.17, 15) is 0 Å². The third kappa shape index (κ3) is 4.86. The van der Waals surface area contributed by atoms with Gasteiger partial charge < -0.3 is 15.6 Å². The number of piperidine rings is 1. The zero-order valence-electron chi connectivity index (χ0n) is 12.1. The molecule has 20 heavy (non-hydrogen) atoms. The van der Waals surface area contributed by atoms with Gasteiger partial charge in [-0.1, -0.05) is 0 Å². The average molecular weight is 282 g/mol. The molecule has 1 saturated heterocycles. The maximum Gasteiger partial charge on any atom is 0.0640 e. The lowest BCUT2D eigenvalue weighted by atomic mass is 10.1. The van der Waals surface area contributed by atoms with Crippen LogP contribution in [0.25, 0.3) is 0 Å². The van der Waals surface area contributed by atoms with Gasteiger partial charge in [0.15, 0.2) is 0 Å². The number of hydrogen-bond acceptors (Lipinski definition) is 5. The number of aliphatic hydroxyl groups is 1. The Morgan fingerprint density at radius 3 is 2.90 bits per heavy atom. The Hall–Kier alpha value is -0.950. The van der Waals surface area contributed by atoms with Crippen LogP contribution in [-0.4, -0.2) is 58.7 Å². The lowest BCUT2D eigenvalue weighted by Crippen LogP contribution is -2.36. The predicted molar refractivity (Wildman–Crippen MR) is 77.2 cm³/mol. The maximum atomic E-state index is 8.88. The van der Waals surface area contributed by atoms with Gasteiger partial charge in [-0.3, -0.25) is 9.58 Å². The molecule has 0 spiro atoms. The number of nitrogens with two attached hydrogens (primary N) is 1. The van der Waals surface area contributed by atoms with E-state index in [1.807, 2.05) is 12.4 Å². The zero-order valence-corrected chi connectivity index (χ0v) is 12.1. The van der Waals surface area contributed by atoms with E-state index >= 15 is 0 Å². The standard InChI is InChI=1S/C14H26N4O2/c15-4-1-9-20-14-2-5-17(6-3-14)11-13-10-16-18(12-13)7-8-19/h10,12,14,19H,1-9,11,15H2. The Kier molecular flexibility index (Phi) is 6.46. The summed E-state index contributed by atoms with van der Waals surface area (Å²) in [5, 5.41) is 13.1. The summed E-state index contributed by atoms with van der Waals surface area (Å²) in [6.07, 6.45) is 7.43. The maximum absolute atomic E-state index is 8.88. The van der Waals surface area contributed by atoms with Crippen molar-refractivity contribution in [2.75, 3.05) is 32.8 Å². The van der Waals surface area contributed by atoms with Gasteiger partial charge in [0.1, 0.15) is 0 Å². The van der Waals surface area contributed by atoms with Gasteiger partial charge >= 0.3 is 0 Å². The largest absolute Gasteiger partial charge is 0.394 e. The summed E-state index contributed by atoms with van der Waals surface area (Å²) >= 11 is 0. The molecule has 1 aromatic heterocycles. The summed E-state index contributed by atoms with van der Waals surface area (Å²) in [6.45, 7) is 5.26. The molecule has 2 rings (SSSR count). The molecular formula is C14H26N4O2. The van der Waals surface area contributed by atoms with Crippen LogP contribution in [0.2, 0.25) is 0 Å². The molecule has 0 amide bonds. The van der Waals surface area contributed by atoms with Gasteiger partial charge in [-0.15, -0.1) is 0 Å². The molecule has 0 bridgehead atoms. The first-order valence-corrected chi connectivity index (χ1v) is 7.48. The van der Waals surface area contributed by atoms with Crippen molar-refractivity contribution in [3.8, 4) is 0 Å². The van der Waals surface area contributed by atoms with Crippen molar-refractivity contribution in [1.82, 2.24) is 14.7 Å². The van der Waals surface area contributed by atoms with Crippen molar-refractivity contribution in [3.05, 3.63) is 18.0 Å². The van der Waals surface area contributed by atoms with E-state index in [2.05, 4.69) is 10.00 Å². The van der Waals surface area contributed by atoms with Crippen LogP contribution in [-0.2, 0) is 17.8 Å². The Balaban J connectivity index is 1.68. The molecule has 1 aliphatic heterocycles. The molecule has 1 fully saturated rings. The van der Waals surface area contributed by atoms with Crippen LogP contribution in [0.5, 0.6) is 0 Å². The molecule has 2 heterocycles. The van der Waals surface area contributed by atoms with Crippen LogP contribution in [0.4, 0.5) is 0 Å². The number of aromatic nitrogens is 2. The van der Waals surface area contributed by atoms with Crippen LogP contribution in [0.3, 0.4) is 0 Å². The third-order valence-electron chi connectivity index (χ3n) is 3.66. The first-order chi connectivity index (χ1) is 9.81. The number of ether oxygens (including phenoxy) is 1. The van der Waals surface area contributed by atoms with Crippen molar-refractivity contribution in [2.45, 2.75) is 38.5 Å². The predicted octanol–water partition coefficient (Wildman–Crippen LogP) is 0.205. The molecule has 0 atom stereocenters. The van der Waals surface area contributed by atoms with Crippen LogP contribution in [0.1, 0.15) is 24.8 Å². The SMILES string of the molecule is NCCCOC1CCN(Cc2cnn(CCO)c2)CC1. The minimum Gasteiger partial charge on any atom is -0.394 e. The smallest absolute Gasteiger partial charge is 0.0640 e. The number of rotatable bonds is 8. The summed E-state index contributed by atoms with van der Waals surface area (Å²) < 4.78 is 7.60. The molecule has 6 nitrogen and oxygen atoms in total. The van der Waals surface area contributed by atoms with E-state index in [1.165, 1.54) is 5.56 Å². The minimum atomic E-state index is 0.132. The number of hydrogen-bond donors (Lipinski definition) is 2. The topological polar surface area (TPSA) is 76.5 Å². The Bertz CT molecular complexity index is 375. The third-order valence-corrected chi connectivity index (χ3v) is 3.66. The second-order valence-electron chi connectivity index (χ2n) is 5.32. The molecule has 0 aromatic carbocycles. The Morgan fingerprint density at radius 1 is 1.40 bits per heavy atom. The van der Waals surface area contributed by atoms with Crippen LogP contribution < -0.4 is 5.73 Å². The van der Waals surface area contributed by atoms with Crippen molar-refractivity contribution in [3.63, 3.8) is 0 Å². The van der Waals surface area contributed by atoms with Crippen molar-refractivity contribution >= 4 is 0 Å². The fourth-order valence-corrected chi connectivity index (χ4v) is 2.54. The average Bonchev–Trinajstić information content (AvgIpc) is 2.89. The van der Waals surface area contributed by atoms with Gasteiger partial charge in [0.25, 0.3) is 0 Å². The second kappa shape index (κ2) is 8.36. The van der Waals surface area contributed by atoms with Crippen molar-refractivity contribution < 1.29 is 9.84 Å².